The summed E-state index contributed by atoms with van der Waals surface area (Å²) in [6.07, 6.45) is -1.13. The average molecular weight is 244 g/mol. The third kappa shape index (κ3) is 4.08. The molecule has 0 amide bonds. The van der Waals surface area contributed by atoms with Crippen LogP contribution in [0.4, 0.5) is 5.69 Å². The molecule has 2 N–H and O–H groups in total. The minimum atomic E-state index is -1.00. The number of carbonyl (C=O) groups is 1. The summed E-state index contributed by atoms with van der Waals surface area (Å²) in [5.41, 5.74) is 0.883. The maximum Gasteiger partial charge on any atom is 0.306 e. The maximum absolute atomic E-state index is 10.4. The Morgan fingerprint density at radius 2 is 2.00 bits per heavy atom. The lowest BCUT2D eigenvalue weighted by Crippen LogP contribution is -2.30. The number of halogens is 1. The van der Waals surface area contributed by atoms with Crippen LogP contribution in [0.2, 0.25) is 5.02 Å². The third-order valence-electron chi connectivity index (χ3n) is 2.16. The summed E-state index contributed by atoms with van der Waals surface area (Å²) in [5.74, 6) is -1.00. The number of aliphatic hydroxyl groups excluding tert-OH is 1. The van der Waals surface area contributed by atoms with Crippen molar-refractivity contribution in [3.8, 4) is 0 Å². The largest absolute Gasteiger partial charge is 0.481 e. The van der Waals surface area contributed by atoms with E-state index in [0.29, 0.717) is 5.02 Å². The molecule has 5 heteroatoms. The monoisotopic (exact) mass is 243 g/mol. The number of rotatable bonds is 5. The first kappa shape index (κ1) is 12.8. The quantitative estimate of drug-likeness (QED) is 0.825. The van der Waals surface area contributed by atoms with E-state index >= 15 is 0 Å². The zero-order chi connectivity index (χ0) is 12.1. The molecule has 0 aliphatic heterocycles. The molecule has 1 atom stereocenters. The standard InChI is InChI=1S/C11H14ClNO3/c1-13(7-10(14)6-11(15)16)9-4-2-8(12)3-5-9/h2-5,10,14H,6-7H2,1H3,(H,15,16). The number of aliphatic hydroxyl groups is 1. The second-order valence-corrected chi connectivity index (χ2v) is 4.05. The molecule has 16 heavy (non-hydrogen) atoms. The van der Waals surface area contributed by atoms with Crippen LogP contribution >= 0.6 is 11.6 Å². The number of anilines is 1. The molecule has 1 unspecified atom stereocenters. The Kier molecular flexibility index (Phi) is 4.58. The molecule has 0 aromatic heterocycles. The molecule has 0 saturated carbocycles. The fourth-order valence-electron chi connectivity index (χ4n) is 1.38. The van der Waals surface area contributed by atoms with Gasteiger partial charge in [0.15, 0.2) is 0 Å². The normalized spacial score (nSPS) is 12.2. The van der Waals surface area contributed by atoms with E-state index in [0.717, 1.165) is 5.69 Å². The molecule has 0 saturated heterocycles. The zero-order valence-corrected chi connectivity index (χ0v) is 9.68. The van der Waals surface area contributed by atoms with Crippen LogP contribution in [0, 0.1) is 0 Å². The van der Waals surface area contributed by atoms with Crippen LogP contribution in [0.5, 0.6) is 0 Å². The first-order valence-electron chi connectivity index (χ1n) is 4.85. The zero-order valence-electron chi connectivity index (χ0n) is 8.93. The first-order valence-corrected chi connectivity index (χ1v) is 5.23. The predicted octanol–water partition coefficient (Wildman–Crippen LogP) is 1.61. The summed E-state index contributed by atoms with van der Waals surface area (Å²) in [4.78, 5) is 12.2. The second-order valence-electron chi connectivity index (χ2n) is 3.61. The lowest BCUT2D eigenvalue weighted by atomic mass is 10.2. The van der Waals surface area contributed by atoms with Gasteiger partial charge in [-0.1, -0.05) is 11.6 Å². The van der Waals surface area contributed by atoms with Crippen LogP contribution in [-0.2, 0) is 4.79 Å². The van der Waals surface area contributed by atoms with Gasteiger partial charge < -0.3 is 15.1 Å². The van der Waals surface area contributed by atoms with Crippen molar-refractivity contribution in [2.24, 2.45) is 0 Å². The van der Waals surface area contributed by atoms with Crippen LogP contribution in [0.15, 0.2) is 24.3 Å². The fourth-order valence-corrected chi connectivity index (χ4v) is 1.51. The highest BCUT2D eigenvalue weighted by Crippen LogP contribution is 2.17. The summed E-state index contributed by atoms with van der Waals surface area (Å²) in [6, 6.07) is 7.12. The van der Waals surface area contributed by atoms with E-state index in [9.17, 15) is 9.90 Å². The summed E-state index contributed by atoms with van der Waals surface area (Å²) >= 11 is 5.75. The van der Waals surface area contributed by atoms with Crippen molar-refractivity contribution in [3.63, 3.8) is 0 Å². The van der Waals surface area contributed by atoms with E-state index in [-0.39, 0.29) is 13.0 Å². The number of likely N-dealkylation sites (N-methyl/N-ethyl adjacent to an activating group) is 1. The molecule has 1 aromatic carbocycles. The molecule has 0 spiro atoms. The molecule has 4 nitrogen and oxygen atoms in total. The Morgan fingerprint density at radius 1 is 1.44 bits per heavy atom. The Hall–Kier alpha value is -1.26. The number of hydrogen-bond acceptors (Lipinski definition) is 3. The van der Waals surface area contributed by atoms with Gasteiger partial charge in [-0.2, -0.15) is 0 Å². The van der Waals surface area contributed by atoms with E-state index in [1.54, 1.807) is 24.1 Å². The van der Waals surface area contributed by atoms with E-state index in [2.05, 4.69) is 0 Å². The third-order valence-corrected chi connectivity index (χ3v) is 2.41. The molecular formula is C11H14ClNO3. The molecule has 0 fully saturated rings. The molecule has 0 aliphatic rings. The summed E-state index contributed by atoms with van der Waals surface area (Å²) < 4.78 is 0. The van der Waals surface area contributed by atoms with Gasteiger partial charge in [-0.15, -0.1) is 0 Å². The average Bonchev–Trinajstić information content (AvgIpc) is 2.16. The van der Waals surface area contributed by atoms with Gasteiger partial charge in [0.2, 0.25) is 0 Å². The van der Waals surface area contributed by atoms with Crippen molar-refractivity contribution in [3.05, 3.63) is 29.3 Å². The highest BCUT2D eigenvalue weighted by molar-refractivity contribution is 6.30. The van der Waals surface area contributed by atoms with Crippen LogP contribution in [0.25, 0.3) is 0 Å². The minimum absolute atomic E-state index is 0.252. The van der Waals surface area contributed by atoms with Crippen molar-refractivity contribution < 1.29 is 15.0 Å². The summed E-state index contributed by atoms with van der Waals surface area (Å²) in [5, 5.41) is 18.6. The molecule has 0 aliphatic carbocycles. The summed E-state index contributed by atoms with van der Waals surface area (Å²) in [7, 11) is 1.79. The highest BCUT2D eigenvalue weighted by atomic mass is 35.5. The first-order chi connectivity index (χ1) is 7.49. The summed E-state index contributed by atoms with van der Waals surface area (Å²) in [6.45, 7) is 0.272. The molecular weight excluding hydrogens is 230 g/mol. The van der Waals surface area contributed by atoms with Gasteiger partial charge in [-0.3, -0.25) is 4.79 Å². The number of carboxylic acid groups (broad SMARTS) is 1. The van der Waals surface area contributed by atoms with Crippen LogP contribution in [0.1, 0.15) is 6.42 Å². The van der Waals surface area contributed by atoms with Gasteiger partial charge >= 0.3 is 5.97 Å². The van der Waals surface area contributed by atoms with Crippen LogP contribution in [-0.4, -0.2) is 35.9 Å². The SMILES string of the molecule is CN(CC(O)CC(=O)O)c1ccc(Cl)cc1. The Balaban J connectivity index is 2.54. The fraction of sp³-hybridized carbons (Fsp3) is 0.364. The Morgan fingerprint density at radius 3 is 2.50 bits per heavy atom. The van der Waals surface area contributed by atoms with Gasteiger partial charge in [-0.25, -0.2) is 0 Å². The maximum atomic E-state index is 10.4. The molecule has 88 valence electrons. The van der Waals surface area contributed by atoms with Crippen molar-refractivity contribution in [2.75, 3.05) is 18.5 Å². The van der Waals surface area contributed by atoms with Crippen LogP contribution in [0.3, 0.4) is 0 Å². The van der Waals surface area contributed by atoms with E-state index in [4.69, 9.17) is 16.7 Å². The smallest absolute Gasteiger partial charge is 0.306 e. The molecule has 1 aromatic rings. The Labute approximate surface area is 99.1 Å². The van der Waals surface area contributed by atoms with Crippen molar-refractivity contribution in [1.82, 2.24) is 0 Å². The number of aliphatic carboxylic acids is 1. The van der Waals surface area contributed by atoms with Crippen molar-refractivity contribution in [2.45, 2.75) is 12.5 Å². The molecule has 0 heterocycles. The van der Waals surface area contributed by atoms with Crippen molar-refractivity contribution >= 4 is 23.3 Å². The van der Waals surface area contributed by atoms with Crippen molar-refractivity contribution in [1.29, 1.82) is 0 Å². The molecule has 0 radical (unpaired) electrons. The minimum Gasteiger partial charge on any atom is -0.481 e. The van der Waals surface area contributed by atoms with Gasteiger partial charge in [0.05, 0.1) is 12.5 Å². The lowest BCUT2D eigenvalue weighted by Gasteiger charge is -2.21. The number of nitrogens with zero attached hydrogens (tertiary/aromatic N) is 1. The van der Waals surface area contributed by atoms with Gasteiger partial charge in [0.1, 0.15) is 0 Å². The lowest BCUT2D eigenvalue weighted by molar-refractivity contribution is -0.139. The molecule has 1 rings (SSSR count). The van der Waals surface area contributed by atoms with Gasteiger partial charge in [0.25, 0.3) is 0 Å². The van der Waals surface area contributed by atoms with Gasteiger partial charge in [0, 0.05) is 24.3 Å². The van der Waals surface area contributed by atoms with Crippen LogP contribution < -0.4 is 4.90 Å². The van der Waals surface area contributed by atoms with Gasteiger partial charge in [-0.05, 0) is 24.3 Å². The Bertz CT molecular complexity index is 353. The number of hydrogen-bond donors (Lipinski definition) is 2. The highest BCUT2D eigenvalue weighted by Gasteiger charge is 2.12. The topological polar surface area (TPSA) is 60.8 Å². The molecule has 0 bridgehead atoms. The second kappa shape index (κ2) is 5.72. The number of benzene rings is 1. The number of carboxylic acids is 1. The predicted molar refractivity (Wildman–Crippen MR) is 63.0 cm³/mol. The van der Waals surface area contributed by atoms with E-state index in [1.807, 2.05) is 12.1 Å². The van der Waals surface area contributed by atoms with E-state index < -0.39 is 12.1 Å². The van der Waals surface area contributed by atoms with E-state index in [1.165, 1.54) is 0 Å².